The summed E-state index contributed by atoms with van der Waals surface area (Å²) in [6, 6.07) is 8.22. The molecule has 4 nitrogen and oxygen atoms in total. The predicted octanol–water partition coefficient (Wildman–Crippen LogP) is 3.43. The lowest BCUT2D eigenvalue weighted by Gasteiger charge is -2.10. The predicted molar refractivity (Wildman–Crippen MR) is 81.7 cm³/mol. The lowest BCUT2D eigenvalue weighted by molar-refractivity contribution is 1.07. The van der Waals surface area contributed by atoms with Crippen molar-refractivity contribution in [2.75, 3.05) is 11.9 Å². The monoisotopic (exact) mass is 264 g/mol. The lowest BCUT2D eigenvalue weighted by Crippen LogP contribution is -2.03. The van der Waals surface area contributed by atoms with Crippen molar-refractivity contribution in [2.45, 2.75) is 13.8 Å². The van der Waals surface area contributed by atoms with E-state index in [1.165, 1.54) is 0 Å². The molecule has 1 N–H and O–H groups in total. The molecule has 0 saturated carbocycles. The Morgan fingerprint density at radius 1 is 1.15 bits per heavy atom. The zero-order valence-corrected chi connectivity index (χ0v) is 11.6. The molecule has 1 aromatic carbocycles. The van der Waals surface area contributed by atoms with Crippen molar-refractivity contribution < 1.29 is 0 Å². The first-order valence-electron chi connectivity index (χ1n) is 6.70. The molecule has 0 aliphatic rings. The van der Waals surface area contributed by atoms with Crippen LogP contribution in [0.3, 0.4) is 0 Å². The third kappa shape index (κ3) is 2.20. The lowest BCUT2D eigenvalue weighted by atomic mass is 10.0. The maximum absolute atomic E-state index is 4.64. The Morgan fingerprint density at radius 3 is 2.90 bits per heavy atom. The van der Waals surface area contributed by atoms with Gasteiger partial charge in [0.2, 0.25) is 5.95 Å². The molecule has 0 saturated heterocycles. The first-order chi connectivity index (χ1) is 9.79. The van der Waals surface area contributed by atoms with E-state index in [-0.39, 0.29) is 0 Å². The van der Waals surface area contributed by atoms with Crippen molar-refractivity contribution in [1.29, 1.82) is 0 Å². The third-order valence-corrected chi connectivity index (χ3v) is 3.24. The summed E-state index contributed by atoms with van der Waals surface area (Å²) >= 11 is 0. The summed E-state index contributed by atoms with van der Waals surface area (Å²) in [5.41, 5.74) is 3.15. The van der Waals surface area contributed by atoms with Gasteiger partial charge in [0.25, 0.3) is 0 Å². The van der Waals surface area contributed by atoms with E-state index < -0.39 is 0 Å². The Kier molecular flexibility index (Phi) is 3.29. The SMILES string of the molecule is CCNc1ncc(C)c(-c2cccc3cnccc23)n1. The van der Waals surface area contributed by atoms with Crippen LogP contribution in [0, 0.1) is 6.92 Å². The number of rotatable bonds is 3. The summed E-state index contributed by atoms with van der Waals surface area (Å²) in [6.45, 7) is 4.87. The van der Waals surface area contributed by atoms with Crippen molar-refractivity contribution in [2.24, 2.45) is 0 Å². The Labute approximate surface area is 117 Å². The van der Waals surface area contributed by atoms with Gasteiger partial charge < -0.3 is 5.32 Å². The molecule has 3 rings (SSSR count). The number of aryl methyl sites for hydroxylation is 1. The van der Waals surface area contributed by atoms with Gasteiger partial charge in [0.15, 0.2) is 0 Å². The fraction of sp³-hybridized carbons (Fsp3) is 0.188. The van der Waals surface area contributed by atoms with E-state index in [9.17, 15) is 0 Å². The summed E-state index contributed by atoms with van der Waals surface area (Å²) in [5, 5.41) is 5.44. The van der Waals surface area contributed by atoms with Crippen molar-refractivity contribution in [3.05, 3.63) is 48.4 Å². The number of anilines is 1. The van der Waals surface area contributed by atoms with Crippen molar-refractivity contribution >= 4 is 16.7 Å². The highest BCUT2D eigenvalue weighted by Gasteiger charge is 2.09. The second-order valence-electron chi connectivity index (χ2n) is 4.66. The molecule has 0 aliphatic heterocycles. The Balaban J connectivity index is 2.22. The topological polar surface area (TPSA) is 50.7 Å². The van der Waals surface area contributed by atoms with Gasteiger partial charge in [0.1, 0.15) is 0 Å². The summed E-state index contributed by atoms with van der Waals surface area (Å²) in [6.07, 6.45) is 5.55. The number of hydrogen-bond acceptors (Lipinski definition) is 4. The maximum atomic E-state index is 4.64. The van der Waals surface area contributed by atoms with Gasteiger partial charge in [-0.3, -0.25) is 4.98 Å². The Morgan fingerprint density at radius 2 is 2.05 bits per heavy atom. The average Bonchev–Trinajstić information content (AvgIpc) is 2.49. The normalized spacial score (nSPS) is 10.7. The van der Waals surface area contributed by atoms with Crippen LogP contribution in [0.25, 0.3) is 22.0 Å². The zero-order valence-electron chi connectivity index (χ0n) is 11.6. The van der Waals surface area contributed by atoms with E-state index in [0.717, 1.165) is 34.1 Å². The van der Waals surface area contributed by atoms with Gasteiger partial charge in [-0.05, 0) is 30.9 Å². The minimum absolute atomic E-state index is 0.666. The van der Waals surface area contributed by atoms with Crippen LogP contribution in [0.5, 0.6) is 0 Å². The smallest absolute Gasteiger partial charge is 0.223 e. The van der Waals surface area contributed by atoms with Crippen LogP contribution in [0.15, 0.2) is 42.9 Å². The number of benzene rings is 1. The second-order valence-corrected chi connectivity index (χ2v) is 4.66. The third-order valence-electron chi connectivity index (χ3n) is 3.24. The second kappa shape index (κ2) is 5.25. The van der Waals surface area contributed by atoms with Gasteiger partial charge in [-0.2, -0.15) is 0 Å². The first-order valence-corrected chi connectivity index (χ1v) is 6.70. The molecule has 2 heterocycles. The minimum Gasteiger partial charge on any atom is -0.354 e. The minimum atomic E-state index is 0.666. The molecule has 0 amide bonds. The number of fused-ring (bicyclic) bond motifs is 1. The van der Waals surface area contributed by atoms with Crippen LogP contribution >= 0.6 is 0 Å². The Hall–Kier alpha value is -2.49. The zero-order chi connectivity index (χ0) is 13.9. The molecule has 2 aromatic heterocycles. The highest BCUT2D eigenvalue weighted by Crippen LogP contribution is 2.29. The number of hydrogen-bond donors (Lipinski definition) is 1. The first kappa shape index (κ1) is 12.5. The van der Waals surface area contributed by atoms with Crippen molar-refractivity contribution in [3.63, 3.8) is 0 Å². The summed E-state index contributed by atoms with van der Waals surface area (Å²) < 4.78 is 0. The van der Waals surface area contributed by atoms with Gasteiger partial charge in [0, 0.05) is 36.1 Å². The largest absolute Gasteiger partial charge is 0.354 e. The molecule has 0 bridgehead atoms. The van der Waals surface area contributed by atoms with E-state index in [2.05, 4.69) is 32.4 Å². The number of aromatic nitrogens is 3. The van der Waals surface area contributed by atoms with Crippen LogP contribution in [0.2, 0.25) is 0 Å². The van der Waals surface area contributed by atoms with Gasteiger partial charge in [-0.25, -0.2) is 9.97 Å². The van der Waals surface area contributed by atoms with Crippen LogP contribution in [-0.2, 0) is 0 Å². The highest BCUT2D eigenvalue weighted by molar-refractivity contribution is 5.95. The maximum Gasteiger partial charge on any atom is 0.223 e. The molecule has 0 unspecified atom stereocenters. The summed E-state index contributed by atoms with van der Waals surface area (Å²) in [5.74, 6) is 0.666. The molecule has 0 fully saturated rings. The van der Waals surface area contributed by atoms with E-state index in [0.29, 0.717) is 5.95 Å². The summed E-state index contributed by atoms with van der Waals surface area (Å²) in [7, 11) is 0. The molecular formula is C16H16N4. The molecule has 3 aromatic rings. The van der Waals surface area contributed by atoms with E-state index >= 15 is 0 Å². The van der Waals surface area contributed by atoms with Gasteiger partial charge in [-0.15, -0.1) is 0 Å². The molecular weight excluding hydrogens is 248 g/mol. The molecule has 100 valence electrons. The number of pyridine rings is 1. The average molecular weight is 264 g/mol. The fourth-order valence-corrected chi connectivity index (χ4v) is 2.29. The molecule has 0 radical (unpaired) electrons. The standard InChI is InChI=1S/C16H16N4/c1-3-18-16-19-9-11(2)15(20-16)14-6-4-5-12-10-17-8-7-13(12)14/h4-10H,3H2,1-2H3,(H,18,19,20). The van der Waals surface area contributed by atoms with Crippen LogP contribution in [-0.4, -0.2) is 21.5 Å². The summed E-state index contributed by atoms with van der Waals surface area (Å²) in [4.78, 5) is 13.1. The highest BCUT2D eigenvalue weighted by atomic mass is 15.1. The van der Waals surface area contributed by atoms with Crippen LogP contribution in [0.4, 0.5) is 5.95 Å². The van der Waals surface area contributed by atoms with Crippen molar-refractivity contribution in [1.82, 2.24) is 15.0 Å². The number of nitrogens with one attached hydrogen (secondary N) is 1. The number of nitrogens with zero attached hydrogens (tertiary/aromatic N) is 3. The molecule has 20 heavy (non-hydrogen) atoms. The molecule has 0 aliphatic carbocycles. The molecule has 0 atom stereocenters. The van der Waals surface area contributed by atoms with Gasteiger partial charge in [-0.1, -0.05) is 18.2 Å². The van der Waals surface area contributed by atoms with E-state index in [4.69, 9.17) is 0 Å². The quantitative estimate of drug-likeness (QED) is 0.787. The van der Waals surface area contributed by atoms with Crippen LogP contribution < -0.4 is 5.32 Å². The van der Waals surface area contributed by atoms with E-state index in [1.54, 1.807) is 0 Å². The molecule has 0 spiro atoms. The van der Waals surface area contributed by atoms with Gasteiger partial charge in [0.05, 0.1) is 5.69 Å². The molecule has 4 heteroatoms. The fourth-order valence-electron chi connectivity index (χ4n) is 2.29. The Bertz CT molecular complexity index is 747. The van der Waals surface area contributed by atoms with Gasteiger partial charge >= 0.3 is 0 Å². The van der Waals surface area contributed by atoms with Crippen molar-refractivity contribution in [3.8, 4) is 11.3 Å². The van der Waals surface area contributed by atoms with E-state index in [1.807, 2.05) is 44.6 Å². The van der Waals surface area contributed by atoms with Crippen LogP contribution in [0.1, 0.15) is 12.5 Å².